The molecule has 1 heterocycles. The van der Waals surface area contributed by atoms with Crippen LogP contribution in [0.2, 0.25) is 0 Å². The van der Waals surface area contributed by atoms with E-state index in [0.29, 0.717) is 6.54 Å². The number of fused-ring (bicyclic) bond motifs is 3. The van der Waals surface area contributed by atoms with E-state index in [1.54, 1.807) is 4.57 Å². The molecular weight excluding hydrogens is 448 g/mol. The summed E-state index contributed by atoms with van der Waals surface area (Å²) in [6.07, 6.45) is 3.93. The number of aromatic nitrogens is 2. The Morgan fingerprint density at radius 1 is 1.06 bits per heavy atom. The average Bonchev–Trinajstić information content (AvgIpc) is 3.50. The second-order valence-electron chi connectivity index (χ2n) is 8.88. The van der Waals surface area contributed by atoms with E-state index in [1.165, 1.54) is 12.5 Å². The fourth-order valence-corrected chi connectivity index (χ4v) is 4.61. The topological polar surface area (TPSA) is 123 Å². The number of alkyl carbamates (subject to hydrolysis) is 1. The van der Waals surface area contributed by atoms with Crippen molar-refractivity contribution in [1.29, 1.82) is 0 Å². The molecule has 3 aromatic rings. The molecule has 35 heavy (non-hydrogen) atoms. The lowest BCUT2D eigenvalue weighted by Gasteiger charge is -2.19. The highest BCUT2D eigenvalue weighted by Gasteiger charge is 2.38. The van der Waals surface area contributed by atoms with Gasteiger partial charge in [-0.1, -0.05) is 48.5 Å². The number of nitrogens with one attached hydrogen (secondary N) is 2. The van der Waals surface area contributed by atoms with Crippen molar-refractivity contribution in [2.24, 2.45) is 5.92 Å². The van der Waals surface area contributed by atoms with E-state index in [2.05, 4.69) is 39.9 Å². The molecular formula is C26H26N4O5. The van der Waals surface area contributed by atoms with Crippen LogP contribution in [-0.2, 0) is 16.1 Å². The van der Waals surface area contributed by atoms with Crippen LogP contribution in [0.5, 0.6) is 0 Å². The van der Waals surface area contributed by atoms with Crippen molar-refractivity contribution in [1.82, 2.24) is 20.2 Å². The van der Waals surface area contributed by atoms with Gasteiger partial charge in [0.05, 0.1) is 6.33 Å². The van der Waals surface area contributed by atoms with Gasteiger partial charge in [-0.25, -0.2) is 14.6 Å². The Kier molecular flexibility index (Phi) is 6.22. The molecule has 2 aliphatic rings. The highest BCUT2D eigenvalue weighted by atomic mass is 16.5. The van der Waals surface area contributed by atoms with Gasteiger partial charge < -0.3 is 25.0 Å². The molecule has 3 N–H and O–H groups in total. The minimum Gasteiger partial charge on any atom is -0.476 e. The summed E-state index contributed by atoms with van der Waals surface area (Å²) in [5.41, 5.74) is 4.51. The molecule has 2 aliphatic carbocycles. The van der Waals surface area contributed by atoms with Gasteiger partial charge in [-0.2, -0.15) is 0 Å². The monoisotopic (exact) mass is 474 g/mol. The number of rotatable bonds is 9. The highest BCUT2D eigenvalue weighted by Crippen LogP contribution is 2.44. The van der Waals surface area contributed by atoms with Crippen LogP contribution in [0.4, 0.5) is 4.79 Å². The van der Waals surface area contributed by atoms with E-state index in [0.717, 1.165) is 35.1 Å². The maximum absolute atomic E-state index is 12.8. The van der Waals surface area contributed by atoms with E-state index < -0.39 is 18.1 Å². The Bertz CT molecular complexity index is 1220. The van der Waals surface area contributed by atoms with E-state index in [-0.39, 0.29) is 36.6 Å². The van der Waals surface area contributed by atoms with Crippen molar-refractivity contribution in [2.75, 3.05) is 13.2 Å². The third-order valence-corrected chi connectivity index (χ3v) is 6.51. The number of benzene rings is 2. The minimum atomic E-state index is -1.10. The second-order valence-corrected chi connectivity index (χ2v) is 8.88. The summed E-state index contributed by atoms with van der Waals surface area (Å²) in [6, 6.07) is 15.6. The van der Waals surface area contributed by atoms with Crippen molar-refractivity contribution >= 4 is 18.0 Å². The summed E-state index contributed by atoms with van der Waals surface area (Å²) < 4.78 is 7.19. The van der Waals surface area contributed by atoms with Crippen LogP contribution in [0.15, 0.2) is 61.1 Å². The van der Waals surface area contributed by atoms with Crippen LogP contribution in [0, 0.1) is 5.92 Å². The lowest BCUT2D eigenvalue weighted by atomic mass is 9.98. The normalized spacial score (nSPS) is 15.1. The van der Waals surface area contributed by atoms with Crippen LogP contribution in [0.3, 0.4) is 0 Å². The Morgan fingerprint density at radius 2 is 1.71 bits per heavy atom. The Balaban J connectivity index is 1.15. The quantitative estimate of drug-likeness (QED) is 0.438. The molecule has 5 rings (SSSR count). The number of carboxylic acids is 1. The fraction of sp³-hybridized carbons (Fsp3) is 0.308. The van der Waals surface area contributed by atoms with Crippen molar-refractivity contribution in [3.05, 3.63) is 77.9 Å². The number of carbonyl (C=O) groups excluding carboxylic acids is 2. The lowest BCUT2D eigenvalue weighted by Crippen LogP contribution is -2.49. The summed E-state index contributed by atoms with van der Waals surface area (Å²) in [6.45, 7) is 0.837. The Labute approximate surface area is 202 Å². The van der Waals surface area contributed by atoms with Gasteiger partial charge in [0.1, 0.15) is 12.6 Å². The summed E-state index contributed by atoms with van der Waals surface area (Å²) >= 11 is 0. The number of aromatic carboxylic acids is 1. The highest BCUT2D eigenvalue weighted by molar-refractivity contribution is 5.86. The molecule has 9 heteroatoms. The second kappa shape index (κ2) is 9.61. The predicted octanol–water partition coefficient (Wildman–Crippen LogP) is 3.01. The molecule has 1 aromatic heterocycles. The number of hydrogen-bond acceptors (Lipinski definition) is 5. The number of carboxylic acid groups (broad SMARTS) is 1. The van der Waals surface area contributed by atoms with Crippen LogP contribution >= 0.6 is 0 Å². The smallest absolute Gasteiger partial charge is 0.407 e. The van der Waals surface area contributed by atoms with Crippen molar-refractivity contribution in [3.8, 4) is 11.1 Å². The number of imidazole rings is 1. The minimum absolute atomic E-state index is 0.0489. The molecule has 1 unspecified atom stereocenters. The molecule has 9 nitrogen and oxygen atoms in total. The first-order chi connectivity index (χ1) is 17.0. The van der Waals surface area contributed by atoms with Gasteiger partial charge in [-0.05, 0) is 41.0 Å². The molecule has 2 aromatic carbocycles. The van der Waals surface area contributed by atoms with Crippen molar-refractivity contribution in [3.63, 3.8) is 0 Å². The summed E-state index contributed by atoms with van der Waals surface area (Å²) in [4.78, 5) is 40.1. The standard InChI is InChI=1S/C26H26N4O5/c31-24(27-11-12-30-13-22(25(32)33)28-15-30)23(16-9-10-16)29-26(34)35-14-21-19-7-3-1-5-17(19)18-6-2-4-8-20(18)21/h1-8,13,15-16,21,23H,9-12,14H2,(H,27,31)(H,29,34)(H,32,33). The third kappa shape index (κ3) is 4.89. The summed E-state index contributed by atoms with van der Waals surface area (Å²) in [5, 5.41) is 14.5. The first-order valence-corrected chi connectivity index (χ1v) is 11.7. The maximum atomic E-state index is 12.8. The first kappa shape index (κ1) is 22.6. The Morgan fingerprint density at radius 3 is 2.31 bits per heavy atom. The molecule has 1 fully saturated rings. The number of nitrogens with zero attached hydrogens (tertiary/aromatic N) is 2. The zero-order chi connectivity index (χ0) is 24.4. The molecule has 2 amide bonds. The van der Waals surface area contributed by atoms with E-state index >= 15 is 0 Å². The van der Waals surface area contributed by atoms with E-state index in [1.807, 2.05) is 24.3 Å². The summed E-state index contributed by atoms with van der Waals surface area (Å²) in [7, 11) is 0. The van der Waals surface area contributed by atoms with Crippen LogP contribution in [0.25, 0.3) is 11.1 Å². The summed E-state index contributed by atoms with van der Waals surface area (Å²) in [5.74, 6) is -1.34. The van der Waals surface area contributed by atoms with Gasteiger partial charge in [0.25, 0.3) is 0 Å². The van der Waals surface area contributed by atoms with Crippen LogP contribution in [-0.4, -0.2) is 51.8 Å². The zero-order valence-electron chi connectivity index (χ0n) is 19.0. The molecule has 0 aliphatic heterocycles. The number of carbonyl (C=O) groups is 3. The number of ether oxygens (including phenoxy) is 1. The lowest BCUT2D eigenvalue weighted by molar-refractivity contribution is -0.123. The maximum Gasteiger partial charge on any atom is 0.407 e. The molecule has 1 saturated carbocycles. The van der Waals surface area contributed by atoms with Gasteiger partial charge in [0.15, 0.2) is 5.69 Å². The predicted molar refractivity (Wildman–Crippen MR) is 127 cm³/mol. The van der Waals surface area contributed by atoms with Gasteiger partial charge in [-0.15, -0.1) is 0 Å². The number of amides is 2. The molecule has 0 bridgehead atoms. The molecule has 180 valence electrons. The third-order valence-electron chi connectivity index (χ3n) is 6.51. The molecule has 0 radical (unpaired) electrons. The Hall–Kier alpha value is -4.14. The van der Waals surface area contributed by atoms with Crippen LogP contribution < -0.4 is 10.6 Å². The average molecular weight is 475 g/mol. The van der Waals surface area contributed by atoms with Crippen molar-refractivity contribution < 1.29 is 24.2 Å². The van der Waals surface area contributed by atoms with Gasteiger partial charge in [0, 0.05) is 25.2 Å². The molecule has 0 saturated heterocycles. The number of hydrogen-bond donors (Lipinski definition) is 3. The van der Waals surface area contributed by atoms with Gasteiger partial charge in [0.2, 0.25) is 5.91 Å². The van der Waals surface area contributed by atoms with Crippen molar-refractivity contribution in [2.45, 2.75) is 31.3 Å². The first-order valence-electron chi connectivity index (χ1n) is 11.7. The van der Waals surface area contributed by atoms with E-state index in [4.69, 9.17) is 9.84 Å². The van der Waals surface area contributed by atoms with E-state index in [9.17, 15) is 14.4 Å². The largest absolute Gasteiger partial charge is 0.476 e. The fourth-order valence-electron chi connectivity index (χ4n) is 4.61. The molecule has 0 spiro atoms. The van der Waals surface area contributed by atoms with Gasteiger partial charge in [-0.3, -0.25) is 4.79 Å². The zero-order valence-corrected chi connectivity index (χ0v) is 19.0. The molecule has 1 atom stereocenters. The van der Waals surface area contributed by atoms with Gasteiger partial charge >= 0.3 is 12.1 Å². The van der Waals surface area contributed by atoms with Crippen LogP contribution in [0.1, 0.15) is 40.4 Å². The SMILES string of the molecule is O=C(NC(C(=O)NCCn1cnc(C(=O)O)c1)C1CC1)OCC1c2ccccc2-c2ccccc21.